The lowest BCUT2D eigenvalue weighted by atomic mass is 10.1. The summed E-state index contributed by atoms with van der Waals surface area (Å²) in [6, 6.07) is 9.15. The topological polar surface area (TPSA) is 55.4 Å². The molecule has 0 unspecified atom stereocenters. The molecule has 0 spiro atoms. The fraction of sp³-hybridized carbons (Fsp3) is 0.200. The molecule has 110 valence electrons. The Morgan fingerprint density at radius 1 is 1.33 bits per heavy atom. The maximum atomic E-state index is 12.3. The van der Waals surface area contributed by atoms with Crippen LogP contribution in [0.2, 0.25) is 0 Å². The molecule has 0 aliphatic carbocycles. The maximum Gasteiger partial charge on any atom is 0.350 e. The number of carbonyl (C=O) groups is 2. The normalized spacial score (nSPS) is 10.2. The van der Waals surface area contributed by atoms with Crippen molar-refractivity contribution in [3.8, 4) is 0 Å². The van der Waals surface area contributed by atoms with Crippen molar-refractivity contribution in [2.24, 2.45) is 0 Å². The highest BCUT2D eigenvalue weighted by molar-refractivity contribution is 7.97. The minimum Gasteiger partial charge on any atom is -0.465 e. The summed E-state index contributed by atoms with van der Waals surface area (Å²) in [5, 5.41) is 4.50. The molecule has 0 saturated heterocycles. The molecule has 21 heavy (non-hydrogen) atoms. The van der Waals surface area contributed by atoms with Crippen LogP contribution in [0.5, 0.6) is 0 Å². The van der Waals surface area contributed by atoms with Crippen molar-refractivity contribution in [3.63, 3.8) is 0 Å². The van der Waals surface area contributed by atoms with Gasteiger partial charge in [-0.05, 0) is 35.4 Å². The molecule has 0 aliphatic heterocycles. The Hall–Kier alpha value is -1.79. The van der Waals surface area contributed by atoms with Crippen molar-refractivity contribution in [1.29, 1.82) is 0 Å². The number of carbonyl (C=O) groups excluding carboxylic acids is 2. The van der Waals surface area contributed by atoms with Crippen LogP contribution in [-0.4, -0.2) is 25.2 Å². The number of benzene rings is 1. The zero-order valence-electron chi connectivity index (χ0n) is 11.7. The third kappa shape index (κ3) is 3.86. The van der Waals surface area contributed by atoms with Crippen LogP contribution in [0.1, 0.15) is 25.6 Å². The van der Waals surface area contributed by atoms with Gasteiger partial charge in [0.1, 0.15) is 4.88 Å². The van der Waals surface area contributed by atoms with Gasteiger partial charge in [0.25, 0.3) is 5.91 Å². The van der Waals surface area contributed by atoms with Crippen LogP contribution in [0, 0.1) is 0 Å². The summed E-state index contributed by atoms with van der Waals surface area (Å²) in [4.78, 5) is 24.2. The second-order valence-electron chi connectivity index (χ2n) is 4.24. The van der Waals surface area contributed by atoms with Crippen LogP contribution in [-0.2, 0) is 10.5 Å². The number of thiophene rings is 1. The van der Waals surface area contributed by atoms with Crippen molar-refractivity contribution in [3.05, 3.63) is 51.7 Å². The van der Waals surface area contributed by atoms with Gasteiger partial charge in [0.2, 0.25) is 0 Å². The molecule has 0 bridgehead atoms. The van der Waals surface area contributed by atoms with Gasteiger partial charge in [0.05, 0.1) is 12.8 Å². The fourth-order valence-electron chi connectivity index (χ4n) is 1.82. The lowest BCUT2D eigenvalue weighted by Crippen LogP contribution is -2.14. The summed E-state index contributed by atoms with van der Waals surface area (Å²) in [7, 11) is 1.32. The largest absolute Gasteiger partial charge is 0.465 e. The summed E-state index contributed by atoms with van der Waals surface area (Å²) >= 11 is 2.94. The summed E-state index contributed by atoms with van der Waals surface area (Å²) in [5.74, 6) is 0.172. The molecule has 4 nitrogen and oxygen atoms in total. The van der Waals surface area contributed by atoms with Crippen LogP contribution >= 0.6 is 23.1 Å². The van der Waals surface area contributed by atoms with Crippen molar-refractivity contribution < 1.29 is 14.3 Å². The maximum absolute atomic E-state index is 12.3. The van der Waals surface area contributed by atoms with E-state index in [0.29, 0.717) is 16.1 Å². The minimum absolute atomic E-state index is 0.235. The standard InChI is InChI=1S/C15H15NO3S2/c1-19-15(18)13-12(6-7-21-13)16-14(17)11-5-3-4-10(8-11)9-20-2/h3-8H,9H2,1-2H3,(H,16,17). The van der Waals surface area contributed by atoms with E-state index >= 15 is 0 Å². The Morgan fingerprint density at radius 2 is 2.14 bits per heavy atom. The number of esters is 1. The van der Waals surface area contributed by atoms with Crippen LogP contribution in [0.4, 0.5) is 5.69 Å². The first kappa shape index (κ1) is 15.6. The van der Waals surface area contributed by atoms with Gasteiger partial charge in [0.15, 0.2) is 0 Å². The van der Waals surface area contributed by atoms with Crippen LogP contribution in [0.3, 0.4) is 0 Å². The molecule has 0 fully saturated rings. The van der Waals surface area contributed by atoms with Crippen LogP contribution in [0.15, 0.2) is 35.7 Å². The zero-order valence-corrected chi connectivity index (χ0v) is 13.3. The fourth-order valence-corrected chi connectivity index (χ4v) is 3.10. The van der Waals surface area contributed by atoms with Crippen molar-refractivity contribution in [2.75, 3.05) is 18.7 Å². The van der Waals surface area contributed by atoms with E-state index in [9.17, 15) is 9.59 Å². The number of nitrogens with one attached hydrogen (secondary N) is 1. The molecule has 1 heterocycles. The van der Waals surface area contributed by atoms with E-state index in [-0.39, 0.29) is 5.91 Å². The number of thioether (sulfide) groups is 1. The SMILES string of the molecule is COC(=O)c1sccc1NC(=O)c1cccc(CSC)c1. The Kier molecular flexibility index (Phi) is 5.41. The van der Waals surface area contributed by atoms with Gasteiger partial charge in [-0.2, -0.15) is 11.8 Å². The van der Waals surface area contributed by atoms with E-state index in [1.807, 2.05) is 24.5 Å². The molecular formula is C15H15NO3S2. The van der Waals surface area contributed by atoms with E-state index in [1.54, 1.807) is 29.3 Å². The summed E-state index contributed by atoms with van der Waals surface area (Å²) in [5.41, 5.74) is 2.14. The van der Waals surface area contributed by atoms with Gasteiger partial charge in [-0.3, -0.25) is 4.79 Å². The lowest BCUT2D eigenvalue weighted by Gasteiger charge is -2.07. The summed E-state index contributed by atoms with van der Waals surface area (Å²) in [6.45, 7) is 0. The zero-order chi connectivity index (χ0) is 15.2. The van der Waals surface area contributed by atoms with Crippen molar-refractivity contribution in [1.82, 2.24) is 0 Å². The predicted molar refractivity (Wildman–Crippen MR) is 87.3 cm³/mol. The number of rotatable bonds is 5. The molecule has 2 aromatic rings. The van der Waals surface area contributed by atoms with E-state index in [2.05, 4.69) is 5.32 Å². The molecule has 1 N–H and O–H groups in total. The Bertz CT molecular complexity index is 652. The van der Waals surface area contributed by atoms with Gasteiger partial charge < -0.3 is 10.1 Å². The molecular weight excluding hydrogens is 306 g/mol. The van der Waals surface area contributed by atoms with Gasteiger partial charge in [-0.25, -0.2) is 4.79 Å². The second-order valence-corrected chi connectivity index (χ2v) is 6.02. The monoisotopic (exact) mass is 321 g/mol. The molecule has 0 saturated carbocycles. The van der Waals surface area contributed by atoms with E-state index in [0.717, 1.165) is 11.3 Å². The Balaban J connectivity index is 2.17. The highest BCUT2D eigenvalue weighted by Crippen LogP contribution is 2.24. The second kappa shape index (κ2) is 7.28. The average Bonchev–Trinajstić information content (AvgIpc) is 2.95. The summed E-state index contributed by atoms with van der Waals surface area (Å²) in [6.07, 6.45) is 2.01. The first-order chi connectivity index (χ1) is 10.2. The lowest BCUT2D eigenvalue weighted by molar-refractivity contribution is 0.0607. The molecule has 0 aliphatic rings. The Morgan fingerprint density at radius 3 is 2.86 bits per heavy atom. The number of methoxy groups -OCH3 is 1. The highest BCUT2D eigenvalue weighted by Gasteiger charge is 2.16. The molecule has 1 aromatic heterocycles. The average molecular weight is 321 g/mol. The van der Waals surface area contributed by atoms with Crippen molar-refractivity contribution >= 4 is 40.7 Å². The number of ether oxygens (including phenoxy) is 1. The molecule has 1 aromatic carbocycles. The molecule has 6 heteroatoms. The third-order valence-electron chi connectivity index (χ3n) is 2.78. The van der Waals surface area contributed by atoms with Gasteiger partial charge >= 0.3 is 5.97 Å². The number of amides is 1. The van der Waals surface area contributed by atoms with E-state index < -0.39 is 5.97 Å². The molecule has 2 rings (SSSR count). The van der Waals surface area contributed by atoms with Gasteiger partial charge in [-0.1, -0.05) is 12.1 Å². The van der Waals surface area contributed by atoms with Gasteiger partial charge in [-0.15, -0.1) is 11.3 Å². The quantitative estimate of drug-likeness (QED) is 0.854. The minimum atomic E-state index is -0.448. The first-order valence-corrected chi connectivity index (χ1v) is 8.48. The predicted octanol–water partition coefficient (Wildman–Crippen LogP) is 3.65. The number of anilines is 1. The highest BCUT2D eigenvalue weighted by atomic mass is 32.2. The van der Waals surface area contributed by atoms with Crippen LogP contribution in [0.25, 0.3) is 0 Å². The first-order valence-electron chi connectivity index (χ1n) is 6.20. The molecule has 1 amide bonds. The van der Waals surface area contributed by atoms with Crippen molar-refractivity contribution in [2.45, 2.75) is 5.75 Å². The number of hydrogen-bond donors (Lipinski definition) is 1. The van der Waals surface area contributed by atoms with Gasteiger partial charge in [0, 0.05) is 11.3 Å². The third-order valence-corrected chi connectivity index (χ3v) is 4.30. The van der Waals surface area contributed by atoms with E-state index in [4.69, 9.17) is 4.74 Å². The molecule has 0 atom stereocenters. The molecule has 0 radical (unpaired) electrons. The number of hydrogen-bond acceptors (Lipinski definition) is 5. The van der Waals surface area contributed by atoms with Crippen LogP contribution < -0.4 is 5.32 Å². The smallest absolute Gasteiger partial charge is 0.350 e. The summed E-state index contributed by atoms with van der Waals surface area (Å²) < 4.78 is 4.69. The van der Waals surface area contributed by atoms with E-state index in [1.165, 1.54) is 18.4 Å². The Labute approximate surface area is 131 Å².